The van der Waals surface area contributed by atoms with Crippen LogP contribution in [-0.2, 0) is 0 Å². The fourth-order valence-corrected chi connectivity index (χ4v) is 2.84. The maximum Gasteiger partial charge on any atom is 0.0388 e. The van der Waals surface area contributed by atoms with Gasteiger partial charge in [0.1, 0.15) is 0 Å². The fraction of sp³-hybridized carbons (Fsp3) is 0.455. The molecule has 0 amide bonds. The molecule has 2 atom stereocenters. The third-order valence-corrected chi connectivity index (χ3v) is 3.95. The summed E-state index contributed by atoms with van der Waals surface area (Å²) in [4.78, 5) is 1.37. The summed E-state index contributed by atoms with van der Waals surface area (Å²) < 4.78 is 1.17. The molecule has 0 bridgehead atoms. The zero-order valence-corrected chi connectivity index (χ0v) is 11.0. The molecular formula is C11H16BrNS. The number of rotatable bonds is 5. The zero-order valence-electron chi connectivity index (χ0n) is 8.59. The molecule has 0 saturated heterocycles. The molecule has 0 radical (unpaired) electrons. The van der Waals surface area contributed by atoms with Gasteiger partial charge < -0.3 is 5.32 Å². The molecule has 0 fully saturated rings. The highest BCUT2D eigenvalue weighted by Gasteiger charge is 2.09. The van der Waals surface area contributed by atoms with E-state index in [9.17, 15) is 0 Å². The molecule has 1 nitrogen and oxygen atoms in total. The Morgan fingerprint density at radius 2 is 2.36 bits per heavy atom. The Bertz CT molecular complexity index is 295. The molecule has 3 heteroatoms. The van der Waals surface area contributed by atoms with E-state index in [1.54, 1.807) is 11.3 Å². The van der Waals surface area contributed by atoms with E-state index in [1.165, 1.54) is 9.35 Å². The smallest absolute Gasteiger partial charge is 0.0388 e. The Morgan fingerprint density at radius 1 is 1.64 bits per heavy atom. The lowest BCUT2D eigenvalue weighted by Gasteiger charge is -2.17. The molecule has 1 aromatic heterocycles. The molecule has 1 N–H and O–H groups in total. The van der Waals surface area contributed by atoms with E-state index in [1.807, 2.05) is 6.08 Å². The molecule has 0 aliphatic heterocycles. The lowest BCUT2D eigenvalue weighted by atomic mass is 10.2. The largest absolute Gasteiger partial charge is 0.307 e. The van der Waals surface area contributed by atoms with Crippen LogP contribution in [0.1, 0.15) is 31.2 Å². The van der Waals surface area contributed by atoms with Crippen molar-refractivity contribution in [3.63, 3.8) is 0 Å². The van der Waals surface area contributed by atoms with Crippen LogP contribution >= 0.6 is 27.3 Å². The van der Waals surface area contributed by atoms with Crippen LogP contribution in [-0.4, -0.2) is 6.04 Å². The highest BCUT2D eigenvalue weighted by Crippen LogP contribution is 2.25. The van der Waals surface area contributed by atoms with Crippen molar-refractivity contribution in [2.75, 3.05) is 0 Å². The van der Waals surface area contributed by atoms with Crippen molar-refractivity contribution in [2.45, 2.75) is 32.4 Å². The monoisotopic (exact) mass is 273 g/mol. The van der Waals surface area contributed by atoms with Crippen molar-refractivity contribution in [1.29, 1.82) is 0 Å². The first-order valence-corrected chi connectivity index (χ1v) is 6.41. The van der Waals surface area contributed by atoms with Gasteiger partial charge in [0.2, 0.25) is 0 Å². The number of halogens is 1. The highest BCUT2D eigenvalue weighted by molar-refractivity contribution is 9.10. The van der Waals surface area contributed by atoms with E-state index in [4.69, 9.17) is 0 Å². The molecule has 0 aliphatic carbocycles. The molecule has 0 spiro atoms. The molecule has 0 aliphatic rings. The van der Waals surface area contributed by atoms with E-state index >= 15 is 0 Å². The van der Waals surface area contributed by atoms with Crippen molar-refractivity contribution in [2.24, 2.45) is 0 Å². The molecule has 1 aromatic rings. The summed E-state index contributed by atoms with van der Waals surface area (Å²) in [7, 11) is 0. The van der Waals surface area contributed by atoms with Crippen LogP contribution in [0.2, 0.25) is 0 Å². The van der Waals surface area contributed by atoms with Crippen LogP contribution in [0.4, 0.5) is 0 Å². The Hall–Kier alpha value is -0.120. The molecule has 2 unspecified atom stereocenters. The Balaban J connectivity index is 2.49. The van der Waals surface area contributed by atoms with Gasteiger partial charge in [0, 0.05) is 26.8 Å². The first-order chi connectivity index (χ1) is 6.63. The second kappa shape index (κ2) is 5.69. The van der Waals surface area contributed by atoms with Gasteiger partial charge in [-0.15, -0.1) is 17.9 Å². The summed E-state index contributed by atoms with van der Waals surface area (Å²) in [5.74, 6) is 0. The van der Waals surface area contributed by atoms with E-state index < -0.39 is 0 Å². The first-order valence-electron chi connectivity index (χ1n) is 4.74. The van der Waals surface area contributed by atoms with Crippen LogP contribution in [0.3, 0.4) is 0 Å². The summed E-state index contributed by atoms with van der Waals surface area (Å²) in [6, 6.07) is 3.08. The van der Waals surface area contributed by atoms with Crippen LogP contribution in [0, 0.1) is 0 Å². The summed E-state index contributed by atoms with van der Waals surface area (Å²) >= 11 is 5.25. The summed E-state index contributed by atoms with van der Waals surface area (Å²) in [5, 5.41) is 5.65. The minimum Gasteiger partial charge on any atom is -0.307 e. The minimum absolute atomic E-state index is 0.418. The fourth-order valence-electron chi connectivity index (χ4n) is 1.38. The Kier molecular flexibility index (Phi) is 4.85. The van der Waals surface area contributed by atoms with Gasteiger partial charge in [0.25, 0.3) is 0 Å². The molecule has 14 heavy (non-hydrogen) atoms. The number of thiophene rings is 1. The van der Waals surface area contributed by atoms with Gasteiger partial charge in [-0.3, -0.25) is 0 Å². The third-order valence-electron chi connectivity index (χ3n) is 2.07. The highest BCUT2D eigenvalue weighted by atomic mass is 79.9. The maximum absolute atomic E-state index is 3.74. The lowest BCUT2D eigenvalue weighted by Crippen LogP contribution is -2.27. The van der Waals surface area contributed by atoms with E-state index in [-0.39, 0.29) is 0 Å². The number of hydrogen-bond donors (Lipinski definition) is 1. The normalized spacial score (nSPS) is 15.1. The van der Waals surface area contributed by atoms with Crippen molar-refractivity contribution < 1.29 is 0 Å². The van der Waals surface area contributed by atoms with Gasteiger partial charge in [-0.2, -0.15) is 0 Å². The van der Waals surface area contributed by atoms with E-state index in [0.717, 1.165) is 6.42 Å². The van der Waals surface area contributed by atoms with Gasteiger partial charge in [-0.05, 0) is 42.3 Å². The third kappa shape index (κ3) is 3.56. The standard InChI is InChI=1S/C11H16BrNS/c1-4-5-8(2)13-9(3)11-6-10(12)7-14-11/h4,6-9,13H,1,5H2,2-3H3. The second-order valence-electron chi connectivity index (χ2n) is 3.48. The summed E-state index contributed by atoms with van der Waals surface area (Å²) in [5.41, 5.74) is 0. The molecule has 1 rings (SSSR count). The van der Waals surface area contributed by atoms with Crippen LogP contribution < -0.4 is 5.32 Å². The average molecular weight is 274 g/mol. The van der Waals surface area contributed by atoms with Gasteiger partial charge in [-0.1, -0.05) is 6.08 Å². The zero-order chi connectivity index (χ0) is 10.6. The first kappa shape index (κ1) is 12.0. The average Bonchev–Trinajstić information content (AvgIpc) is 2.52. The van der Waals surface area contributed by atoms with Gasteiger partial charge in [0.05, 0.1) is 0 Å². The quantitative estimate of drug-likeness (QED) is 0.796. The van der Waals surface area contributed by atoms with Crippen LogP contribution in [0.5, 0.6) is 0 Å². The lowest BCUT2D eigenvalue weighted by molar-refractivity contribution is 0.487. The minimum atomic E-state index is 0.418. The summed E-state index contributed by atoms with van der Waals surface area (Å²) in [6.45, 7) is 8.11. The van der Waals surface area contributed by atoms with Gasteiger partial charge in [0.15, 0.2) is 0 Å². The number of nitrogens with one attached hydrogen (secondary N) is 1. The van der Waals surface area contributed by atoms with Crippen LogP contribution in [0.25, 0.3) is 0 Å². The van der Waals surface area contributed by atoms with Crippen molar-refractivity contribution in [3.05, 3.63) is 33.5 Å². The topological polar surface area (TPSA) is 12.0 Å². The summed E-state index contributed by atoms with van der Waals surface area (Å²) in [6.07, 6.45) is 2.96. The molecule has 78 valence electrons. The van der Waals surface area contributed by atoms with Crippen molar-refractivity contribution >= 4 is 27.3 Å². The second-order valence-corrected chi connectivity index (χ2v) is 5.34. The van der Waals surface area contributed by atoms with Crippen molar-refractivity contribution in [1.82, 2.24) is 5.32 Å². The van der Waals surface area contributed by atoms with E-state index in [0.29, 0.717) is 12.1 Å². The molecule has 0 saturated carbocycles. The maximum atomic E-state index is 3.74. The predicted octanol–water partition coefficient (Wildman–Crippen LogP) is 4.13. The van der Waals surface area contributed by atoms with Gasteiger partial charge >= 0.3 is 0 Å². The predicted molar refractivity (Wildman–Crippen MR) is 67.8 cm³/mol. The van der Waals surface area contributed by atoms with E-state index in [2.05, 4.69) is 53.1 Å². The van der Waals surface area contributed by atoms with Crippen LogP contribution in [0.15, 0.2) is 28.6 Å². The SMILES string of the molecule is C=CCC(C)NC(C)c1cc(Br)cs1. The molecule has 1 heterocycles. The molecule has 0 aromatic carbocycles. The van der Waals surface area contributed by atoms with Gasteiger partial charge in [-0.25, -0.2) is 0 Å². The van der Waals surface area contributed by atoms with Crippen molar-refractivity contribution in [3.8, 4) is 0 Å². The Labute approximate surface area is 98.4 Å². The molecular weight excluding hydrogens is 258 g/mol. The Morgan fingerprint density at radius 3 is 2.86 bits per heavy atom. The number of hydrogen-bond acceptors (Lipinski definition) is 2.